The lowest BCUT2D eigenvalue weighted by atomic mass is 10.1. The lowest BCUT2D eigenvalue weighted by molar-refractivity contribution is 0.367. The molecule has 0 radical (unpaired) electrons. The number of aromatic nitrogens is 3. The van der Waals surface area contributed by atoms with E-state index < -0.39 is 14.6 Å². The van der Waals surface area contributed by atoms with Crippen LogP contribution in [0.2, 0.25) is 10.0 Å². The van der Waals surface area contributed by atoms with Crippen molar-refractivity contribution in [1.29, 1.82) is 0 Å². The minimum absolute atomic E-state index is 0.248. The first-order valence-electron chi connectivity index (χ1n) is 5.88. The largest absolute Gasteiger partial charge is 0.296 e. The molecule has 0 fully saturated rings. The van der Waals surface area contributed by atoms with Gasteiger partial charge in [0, 0.05) is 16.2 Å². The Hall–Kier alpha value is -0.820. The Morgan fingerprint density at radius 3 is 2.05 bits per heavy atom. The highest BCUT2D eigenvalue weighted by Gasteiger charge is 2.31. The summed E-state index contributed by atoms with van der Waals surface area (Å²) in [7, 11) is 1.38. The Bertz CT molecular complexity index is 774. The van der Waals surface area contributed by atoms with Gasteiger partial charge in [-0.1, -0.05) is 29.3 Å². The van der Waals surface area contributed by atoms with Gasteiger partial charge in [0.2, 0.25) is 0 Å². The van der Waals surface area contributed by atoms with Crippen molar-refractivity contribution in [1.82, 2.24) is 14.8 Å². The van der Waals surface area contributed by atoms with E-state index in [1.54, 1.807) is 39.0 Å². The minimum atomic E-state index is -4.05. The van der Waals surface area contributed by atoms with Crippen molar-refractivity contribution in [2.75, 3.05) is 0 Å². The van der Waals surface area contributed by atoms with Crippen molar-refractivity contribution >= 4 is 42.9 Å². The van der Waals surface area contributed by atoms with Gasteiger partial charge in [0.25, 0.3) is 14.2 Å². The topological polar surface area (TPSA) is 64.8 Å². The second-order valence-corrected chi connectivity index (χ2v) is 8.62. The molecule has 5 nitrogen and oxygen atoms in total. The molecule has 0 bridgehead atoms. The van der Waals surface area contributed by atoms with Gasteiger partial charge in [-0.3, -0.25) is 4.57 Å². The van der Waals surface area contributed by atoms with Gasteiger partial charge in [0.1, 0.15) is 0 Å². The molecule has 0 aliphatic carbocycles. The Labute approximate surface area is 137 Å². The zero-order chi connectivity index (χ0) is 16.0. The SMILES string of the molecule is CC(C)(C)n1c(-c2c(Cl)cccc2Cl)nnc1S(=O)(=O)Cl. The molecule has 1 heterocycles. The summed E-state index contributed by atoms with van der Waals surface area (Å²) < 4.78 is 24.8. The summed E-state index contributed by atoms with van der Waals surface area (Å²) in [6, 6.07) is 4.96. The van der Waals surface area contributed by atoms with Crippen molar-refractivity contribution in [2.45, 2.75) is 31.5 Å². The molecule has 0 saturated heterocycles. The fraction of sp³-hybridized carbons (Fsp3) is 0.333. The van der Waals surface area contributed by atoms with E-state index in [9.17, 15) is 8.42 Å². The summed E-state index contributed by atoms with van der Waals surface area (Å²) in [4.78, 5) is 0. The van der Waals surface area contributed by atoms with Crippen LogP contribution in [-0.2, 0) is 14.6 Å². The van der Waals surface area contributed by atoms with Gasteiger partial charge in [-0.25, -0.2) is 8.42 Å². The molecular weight excluding hydrogens is 357 g/mol. The third kappa shape index (κ3) is 3.18. The molecule has 0 atom stereocenters. The predicted molar refractivity (Wildman–Crippen MR) is 83.5 cm³/mol. The molecule has 2 rings (SSSR count). The third-order valence-corrected chi connectivity index (χ3v) is 4.45. The smallest absolute Gasteiger partial charge is 0.291 e. The summed E-state index contributed by atoms with van der Waals surface area (Å²) >= 11 is 12.3. The van der Waals surface area contributed by atoms with Gasteiger partial charge in [0.15, 0.2) is 5.82 Å². The molecule has 21 heavy (non-hydrogen) atoms. The highest BCUT2D eigenvalue weighted by atomic mass is 35.7. The highest BCUT2D eigenvalue weighted by molar-refractivity contribution is 8.13. The molecule has 0 spiro atoms. The monoisotopic (exact) mass is 367 g/mol. The van der Waals surface area contributed by atoms with Gasteiger partial charge >= 0.3 is 0 Å². The predicted octanol–water partition coefficient (Wildman–Crippen LogP) is 3.93. The van der Waals surface area contributed by atoms with E-state index >= 15 is 0 Å². The van der Waals surface area contributed by atoms with E-state index in [4.69, 9.17) is 33.9 Å². The summed E-state index contributed by atoms with van der Waals surface area (Å²) in [6.45, 7) is 5.41. The maximum atomic E-state index is 11.7. The van der Waals surface area contributed by atoms with Crippen LogP contribution >= 0.6 is 33.9 Å². The van der Waals surface area contributed by atoms with E-state index in [1.165, 1.54) is 4.57 Å². The standard InChI is InChI=1S/C12H12Cl3N3O2S/c1-12(2,3)18-10(16-17-11(18)21(15,19)20)9-7(13)5-4-6-8(9)14/h4-6H,1-3H3. The fourth-order valence-corrected chi connectivity index (χ4v) is 3.49. The average Bonchev–Trinajstić information content (AvgIpc) is 2.72. The van der Waals surface area contributed by atoms with Crippen LogP contribution < -0.4 is 0 Å². The van der Waals surface area contributed by atoms with Crippen LogP contribution in [0.4, 0.5) is 0 Å². The van der Waals surface area contributed by atoms with Gasteiger partial charge in [-0.05, 0) is 32.9 Å². The van der Waals surface area contributed by atoms with Crippen LogP contribution in [0.3, 0.4) is 0 Å². The van der Waals surface area contributed by atoms with Crippen LogP contribution in [0.1, 0.15) is 20.8 Å². The molecule has 0 N–H and O–H groups in total. The first-order valence-corrected chi connectivity index (χ1v) is 8.95. The minimum Gasteiger partial charge on any atom is -0.291 e. The van der Waals surface area contributed by atoms with E-state index in [-0.39, 0.29) is 11.0 Å². The molecule has 114 valence electrons. The zero-order valence-electron chi connectivity index (χ0n) is 11.4. The maximum absolute atomic E-state index is 11.7. The van der Waals surface area contributed by atoms with Crippen molar-refractivity contribution in [3.05, 3.63) is 28.2 Å². The van der Waals surface area contributed by atoms with Crippen LogP contribution in [0, 0.1) is 0 Å². The fourth-order valence-electron chi connectivity index (χ4n) is 1.91. The Morgan fingerprint density at radius 2 is 1.62 bits per heavy atom. The van der Waals surface area contributed by atoms with Crippen molar-refractivity contribution in [2.24, 2.45) is 0 Å². The number of benzene rings is 1. The first-order chi connectivity index (χ1) is 9.53. The summed E-state index contributed by atoms with van der Waals surface area (Å²) in [5.41, 5.74) is -0.228. The van der Waals surface area contributed by atoms with Crippen molar-refractivity contribution in [3.8, 4) is 11.4 Å². The molecule has 9 heteroatoms. The van der Waals surface area contributed by atoms with Crippen LogP contribution in [-0.4, -0.2) is 23.2 Å². The number of rotatable bonds is 2. The van der Waals surface area contributed by atoms with E-state index in [1.807, 2.05) is 0 Å². The third-order valence-electron chi connectivity index (χ3n) is 2.71. The Kier molecular flexibility index (Phi) is 4.28. The molecule has 2 aromatic rings. The summed E-state index contributed by atoms with van der Waals surface area (Å²) in [5, 5.41) is 7.96. The molecular formula is C12H12Cl3N3O2S. The molecule has 0 aliphatic heterocycles. The first kappa shape index (κ1) is 16.5. The normalized spacial score (nSPS) is 12.7. The van der Waals surface area contributed by atoms with Crippen LogP contribution in [0.5, 0.6) is 0 Å². The summed E-state index contributed by atoms with van der Waals surface area (Å²) in [5.74, 6) is 0.248. The van der Waals surface area contributed by atoms with E-state index in [0.717, 1.165) is 0 Å². The van der Waals surface area contributed by atoms with Crippen molar-refractivity contribution in [3.63, 3.8) is 0 Å². The molecule has 1 aromatic carbocycles. The highest BCUT2D eigenvalue weighted by Crippen LogP contribution is 2.37. The average molecular weight is 369 g/mol. The van der Waals surface area contributed by atoms with Gasteiger partial charge in [-0.2, -0.15) is 0 Å². The second kappa shape index (κ2) is 5.43. The lowest BCUT2D eigenvalue weighted by Crippen LogP contribution is -2.26. The number of nitrogens with zero attached hydrogens (tertiary/aromatic N) is 3. The summed E-state index contributed by atoms with van der Waals surface area (Å²) in [6.07, 6.45) is 0. The quantitative estimate of drug-likeness (QED) is 0.753. The molecule has 0 saturated carbocycles. The number of hydrogen-bond donors (Lipinski definition) is 0. The van der Waals surface area contributed by atoms with Gasteiger partial charge < -0.3 is 0 Å². The number of halogens is 3. The second-order valence-electron chi connectivity index (χ2n) is 5.35. The van der Waals surface area contributed by atoms with Gasteiger partial charge in [-0.15, -0.1) is 10.2 Å². The number of hydrogen-bond acceptors (Lipinski definition) is 4. The van der Waals surface area contributed by atoms with E-state index in [0.29, 0.717) is 15.6 Å². The lowest BCUT2D eigenvalue weighted by Gasteiger charge is -2.24. The Morgan fingerprint density at radius 1 is 1.10 bits per heavy atom. The van der Waals surface area contributed by atoms with Crippen LogP contribution in [0.25, 0.3) is 11.4 Å². The van der Waals surface area contributed by atoms with Crippen molar-refractivity contribution < 1.29 is 8.42 Å². The molecule has 0 unspecified atom stereocenters. The molecule has 0 aliphatic rings. The van der Waals surface area contributed by atoms with Gasteiger partial charge in [0.05, 0.1) is 15.6 Å². The maximum Gasteiger partial charge on any atom is 0.296 e. The Balaban J connectivity index is 2.87. The van der Waals surface area contributed by atoms with Crippen LogP contribution in [0.15, 0.2) is 23.4 Å². The van der Waals surface area contributed by atoms with E-state index in [2.05, 4.69) is 10.2 Å². The molecule has 0 amide bonds. The zero-order valence-corrected chi connectivity index (χ0v) is 14.5. The molecule has 1 aromatic heterocycles.